The fourth-order valence-electron chi connectivity index (χ4n) is 4.79. The molecule has 5 rings (SSSR count). The molecule has 3 fully saturated rings. The van der Waals surface area contributed by atoms with Crippen molar-refractivity contribution in [1.82, 2.24) is 0 Å². The molecule has 1 saturated heterocycles. The Bertz CT molecular complexity index is 844. The van der Waals surface area contributed by atoms with E-state index < -0.39 is 23.5 Å². The van der Waals surface area contributed by atoms with E-state index in [0.717, 1.165) is 12.8 Å². The molecule has 0 radical (unpaired) electrons. The van der Waals surface area contributed by atoms with Crippen LogP contribution >= 0.6 is 0 Å². The van der Waals surface area contributed by atoms with Gasteiger partial charge in [0.05, 0.1) is 12.8 Å². The van der Waals surface area contributed by atoms with Crippen molar-refractivity contribution < 1.29 is 23.8 Å². The number of carbonyl (C=O) groups excluding carboxylic acids is 1. The van der Waals surface area contributed by atoms with Crippen LogP contribution in [0.4, 0.5) is 15.8 Å². The maximum atomic E-state index is 15.1. The first-order valence-electron chi connectivity index (χ1n) is 9.37. The summed E-state index contributed by atoms with van der Waals surface area (Å²) in [4.78, 5) is 28.2. The number of methoxy groups -OCH3 is 1. The third-order valence-corrected chi connectivity index (χ3v) is 6.50. The largest absolute Gasteiger partial charge is 0.492 e. The predicted octanol–water partition coefficient (Wildman–Crippen LogP) is 1.09. The van der Waals surface area contributed by atoms with E-state index in [9.17, 15) is 14.7 Å². The normalized spacial score (nSPS) is 31.6. The van der Waals surface area contributed by atoms with Gasteiger partial charge in [0.25, 0.3) is 0 Å². The first kappa shape index (κ1) is 16.8. The molecule has 1 aromatic rings. The zero-order valence-electron chi connectivity index (χ0n) is 15.0. The molecule has 0 aromatic heterocycles. The molecule has 2 heterocycles. The van der Waals surface area contributed by atoms with Gasteiger partial charge < -0.3 is 25.4 Å². The van der Waals surface area contributed by atoms with Crippen molar-refractivity contribution in [2.24, 2.45) is 23.5 Å². The summed E-state index contributed by atoms with van der Waals surface area (Å²) in [6.07, 6.45) is 1.86. The summed E-state index contributed by atoms with van der Waals surface area (Å²) < 4.78 is 20.7. The number of piperidine rings is 1. The average molecular weight is 375 g/mol. The van der Waals surface area contributed by atoms with Crippen molar-refractivity contribution in [2.45, 2.75) is 24.9 Å². The van der Waals surface area contributed by atoms with Crippen LogP contribution in [0.3, 0.4) is 0 Å². The first-order chi connectivity index (χ1) is 12.9. The Hall–Kier alpha value is -2.35. The summed E-state index contributed by atoms with van der Waals surface area (Å²) in [5, 5.41) is 9.44. The molecule has 8 heteroatoms. The van der Waals surface area contributed by atoms with Gasteiger partial charge >= 0.3 is 5.97 Å². The van der Waals surface area contributed by atoms with Gasteiger partial charge in [0.15, 0.2) is 17.3 Å². The third kappa shape index (κ3) is 2.35. The van der Waals surface area contributed by atoms with Crippen LogP contribution in [0.2, 0.25) is 0 Å². The van der Waals surface area contributed by atoms with Crippen molar-refractivity contribution in [2.75, 3.05) is 36.5 Å². The number of anilines is 2. The summed E-state index contributed by atoms with van der Waals surface area (Å²) >= 11 is 0. The van der Waals surface area contributed by atoms with Gasteiger partial charge in [-0.15, -0.1) is 0 Å². The number of aliphatic carboxylic acids is 1. The fourth-order valence-corrected chi connectivity index (χ4v) is 4.79. The lowest BCUT2D eigenvalue weighted by molar-refractivity contribution is -0.139. The number of hydrogen-bond donors (Lipinski definition) is 2. The molecule has 7 nitrogen and oxygen atoms in total. The molecule has 4 aliphatic rings. The SMILES string of the molecule is COc1c(N2C[C@@H]3C(N)[C@@H]3C2)c(F)cc2c1N(C1CC1)CC(C(=O)O)C2=O. The zero-order valence-corrected chi connectivity index (χ0v) is 15.0. The Morgan fingerprint density at radius 1 is 1.26 bits per heavy atom. The second-order valence-corrected chi connectivity index (χ2v) is 8.09. The predicted molar refractivity (Wildman–Crippen MR) is 95.9 cm³/mol. The molecule has 1 aromatic carbocycles. The summed E-state index contributed by atoms with van der Waals surface area (Å²) in [6, 6.07) is 1.56. The number of fused-ring (bicyclic) bond motifs is 2. The molecule has 0 amide bonds. The van der Waals surface area contributed by atoms with Gasteiger partial charge in [-0.3, -0.25) is 9.59 Å². The zero-order chi connectivity index (χ0) is 19.0. The van der Waals surface area contributed by atoms with Crippen LogP contribution in [0, 0.1) is 23.6 Å². The van der Waals surface area contributed by atoms with E-state index in [1.807, 2.05) is 9.80 Å². The molecular formula is C19H22FN3O4. The van der Waals surface area contributed by atoms with Crippen LogP contribution in [-0.4, -0.2) is 55.7 Å². The van der Waals surface area contributed by atoms with Crippen molar-refractivity contribution >= 4 is 23.1 Å². The van der Waals surface area contributed by atoms with E-state index in [1.165, 1.54) is 13.2 Å². The Kier molecular flexibility index (Phi) is 3.47. The van der Waals surface area contributed by atoms with Gasteiger partial charge in [0.1, 0.15) is 11.6 Å². The maximum absolute atomic E-state index is 15.1. The highest BCUT2D eigenvalue weighted by Gasteiger charge is 2.55. The number of nitrogens with zero attached hydrogens (tertiary/aromatic N) is 2. The third-order valence-electron chi connectivity index (χ3n) is 6.50. The van der Waals surface area contributed by atoms with Gasteiger partial charge in [-0.1, -0.05) is 0 Å². The van der Waals surface area contributed by atoms with Gasteiger partial charge in [0.2, 0.25) is 0 Å². The smallest absolute Gasteiger partial charge is 0.316 e. The molecule has 27 heavy (non-hydrogen) atoms. The van der Waals surface area contributed by atoms with Crippen LogP contribution in [-0.2, 0) is 4.79 Å². The topological polar surface area (TPSA) is 96.1 Å². The van der Waals surface area contributed by atoms with E-state index in [-0.39, 0.29) is 24.2 Å². The molecule has 4 atom stereocenters. The summed E-state index contributed by atoms with van der Waals surface area (Å²) in [6.45, 7) is 1.45. The number of hydrogen-bond acceptors (Lipinski definition) is 6. The van der Waals surface area contributed by atoms with Gasteiger partial charge in [-0.05, 0) is 30.7 Å². The number of rotatable bonds is 4. The number of carboxylic acids is 1. The lowest BCUT2D eigenvalue weighted by Crippen LogP contribution is -2.44. The van der Waals surface area contributed by atoms with Gasteiger partial charge in [-0.25, -0.2) is 4.39 Å². The Balaban J connectivity index is 1.63. The number of nitrogens with two attached hydrogens (primary N) is 1. The van der Waals surface area contributed by atoms with Crippen molar-refractivity contribution in [3.63, 3.8) is 0 Å². The Morgan fingerprint density at radius 2 is 1.93 bits per heavy atom. The van der Waals surface area contributed by atoms with Crippen LogP contribution in [0.25, 0.3) is 0 Å². The lowest BCUT2D eigenvalue weighted by atomic mass is 9.89. The molecule has 2 unspecified atom stereocenters. The van der Waals surface area contributed by atoms with Crippen LogP contribution in [0.1, 0.15) is 23.2 Å². The molecule has 0 spiro atoms. The summed E-state index contributed by atoms with van der Waals surface area (Å²) in [5.41, 5.74) is 7.02. The highest BCUT2D eigenvalue weighted by atomic mass is 19.1. The van der Waals surface area contributed by atoms with Crippen molar-refractivity contribution in [3.05, 3.63) is 17.4 Å². The second kappa shape index (κ2) is 5.58. The summed E-state index contributed by atoms with van der Waals surface area (Å²) in [5.74, 6) is -2.35. The molecule has 2 saturated carbocycles. The highest BCUT2D eigenvalue weighted by Crippen LogP contribution is 2.52. The molecule has 144 valence electrons. The second-order valence-electron chi connectivity index (χ2n) is 8.09. The number of Topliss-reactive ketones (excluding diaryl/α,β-unsaturated/α-hetero) is 1. The van der Waals surface area contributed by atoms with E-state index in [1.54, 1.807) is 0 Å². The van der Waals surface area contributed by atoms with Crippen LogP contribution in [0.15, 0.2) is 6.07 Å². The fraction of sp³-hybridized carbons (Fsp3) is 0.579. The highest BCUT2D eigenvalue weighted by molar-refractivity contribution is 6.14. The first-order valence-corrected chi connectivity index (χ1v) is 9.37. The van der Waals surface area contributed by atoms with E-state index in [0.29, 0.717) is 42.0 Å². The minimum Gasteiger partial charge on any atom is -0.492 e. The van der Waals surface area contributed by atoms with Crippen LogP contribution < -0.4 is 20.3 Å². The Labute approximate surface area is 155 Å². The number of ketones is 1. The van der Waals surface area contributed by atoms with Crippen LogP contribution in [0.5, 0.6) is 5.75 Å². The number of carboxylic acid groups (broad SMARTS) is 1. The van der Waals surface area contributed by atoms with E-state index in [2.05, 4.69) is 0 Å². The number of carbonyl (C=O) groups is 2. The monoisotopic (exact) mass is 375 g/mol. The quantitative estimate of drug-likeness (QED) is 0.761. The number of ether oxygens (including phenoxy) is 1. The molecular weight excluding hydrogens is 353 g/mol. The minimum absolute atomic E-state index is 0.101. The van der Waals surface area contributed by atoms with E-state index >= 15 is 4.39 Å². The van der Waals surface area contributed by atoms with Gasteiger partial charge in [0, 0.05) is 37.3 Å². The molecule has 2 aliphatic carbocycles. The number of halogens is 1. The van der Waals surface area contributed by atoms with Crippen molar-refractivity contribution in [3.8, 4) is 5.75 Å². The minimum atomic E-state index is -1.18. The summed E-state index contributed by atoms with van der Waals surface area (Å²) in [7, 11) is 1.47. The Morgan fingerprint density at radius 3 is 2.48 bits per heavy atom. The molecule has 3 N–H and O–H groups in total. The van der Waals surface area contributed by atoms with Crippen molar-refractivity contribution in [1.29, 1.82) is 0 Å². The number of benzene rings is 1. The maximum Gasteiger partial charge on any atom is 0.316 e. The molecule has 0 bridgehead atoms. The standard InChI is InChI=1S/C19H22FN3O4/c1-27-18-15-9(17(24)12(19(25)26)7-23(15)8-2-3-8)4-13(20)16(18)22-5-10-11(6-22)14(10)21/h4,8,10-12,14H,2-3,5-7,21H2,1H3,(H,25,26)/t10-,11+,12?,14?. The van der Waals surface area contributed by atoms with Gasteiger partial charge in [-0.2, -0.15) is 0 Å². The lowest BCUT2D eigenvalue weighted by Gasteiger charge is -2.37. The van der Waals surface area contributed by atoms with E-state index in [4.69, 9.17) is 10.5 Å². The molecule has 2 aliphatic heterocycles. The average Bonchev–Trinajstić information content (AvgIpc) is 3.52.